The number of methoxy groups -OCH3 is 1. The van der Waals surface area contributed by atoms with Gasteiger partial charge in [0.1, 0.15) is 23.4 Å². The van der Waals surface area contributed by atoms with Crippen molar-refractivity contribution in [2.45, 2.75) is 82.6 Å². The van der Waals surface area contributed by atoms with E-state index in [1.165, 1.54) is 12.1 Å². The van der Waals surface area contributed by atoms with E-state index in [2.05, 4.69) is 5.32 Å². The molecule has 9 heteroatoms. The monoisotopic (exact) mass is 541 g/mol. The molecule has 0 bridgehead atoms. The van der Waals surface area contributed by atoms with Gasteiger partial charge in [0.15, 0.2) is 0 Å². The molecule has 2 atom stereocenters. The van der Waals surface area contributed by atoms with Crippen molar-refractivity contribution in [2.75, 3.05) is 38.7 Å². The number of likely N-dealkylation sites (tertiary alicyclic amines) is 1. The first kappa shape index (κ1) is 27.8. The van der Waals surface area contributed by atoms with Gasteiger partial charge in [-0.05, 0) is 81.5 Å². The highest BCUT2D eigenvalue weighted by Gasteiger charge is 2.39. The van der Waals surface area contributed by atoms with E-state index in [4.69, 9.17) is 19.2 Å². The maximum atomic E-state index is 14.2. The Morgan fingerprint density at radius 3 is 2.92 bits per heavy atom. The van der Waals surface area contributed by atoms with E-state index in [0.29, 0.717) is 25.3 Å². The number of benzene rings is 1. The van der Waals surface area contributed by atoms with Gasteiger partial charge in [-0.15, -0.1) is 0 Å². The van der Waals surface area contributed by atoms with Crippen LogP contribution in [0.2, 0.25) is 0 Å². The number of nitrogens with zero attached hydrogens (tertiary/aromatic N) is 2. The van der Waals surface area contributed by atoms with Crippen molar-refractivity contribution in [1.82, 2.24) is 9.88 Å². The molecule has 2 aromatic rings. The van der Waals surface area contributed by atoms with Crippen LogP contribution in [-0.2, 0) is 33.7 Å². The zero-order valence-corrected chi connectivity index (χ0v) is 23.0. The number of aliphatic carboxylic acids is 1. The van der Waals surface area contributed by atoms with E-state index in [-0.39, 0.29) is 18.3 Å². The number of unbranched alkanes of at least 4 members (excludes halogenated alkanes) is 1. The number of aryl methyl sites for hydroxylation is 1. The van der Waals surface area contributed by atoms with Crippen molar-refractivity contribution >= 4 is 11.8 Å². The van der Waals surface area contributed by atoms with Crippen molar-refractivity contribution in [3.8, 4) is 5.75 Å². The summed E-state index contributed by atoms with van der Waals surface area (Å²) in [4.78, 5) is 19.0. The van der Waals surface area contributed by atoms with E-state index in [0.717, 1.165) is 86.3 Å². The maximum absolute atomic E-state index is 14.2. The van der Waals surface area contributed by atoms with Crippen LogP contribution in [0, 0.1) is 5.82 Å². The molecule has 5 rings (SSSR count). The number of nitrogens with one attached hydrogen (secondary N) is 1. The quantitative estimate of drug-likeness (QED) is 0.346. The third-order valence-corrected chi connectivity index (χ3v) is 8.14. The van der Waals surface area contributed by atoms with E-state index in [9.17, 15) is 14.3 Å². The second kappa shape index (κ2) is 12.2. The average molecular weight is 542 g/mol. The minimum absolute atomic E-state index is 0.0448. The number of halogens is 1. The maximum Gasteiger partial charge on any atom is 0.325 e. The lowest BCUT2D eigenvalue weighted by Crippen LogP contribution is -2.34. The Kier molecular flexibility index (Phi) is 8.69. The SMILES string of the molecule is COc1cc(CCCCO[C@@H]2CCN(C(C(=O)O)c3cc(F)ccc3COC3(C)CC3)C2)nc2c1CCCN2. The highest BCUT2D eigenvalue weighted by molar-refractivity contribution is 5.76. The zero-order valence-electron chi connectivity index (χ0n) is 23.0. The molecule has 1 aliphatic carbocycles. The van der Waals surface area contributed by atoms with Gasteiger partial charge in [-0.2, -0.15) is 0 Å². The molecule has 1 saturated heterocycles. The van der Waals surface area contributed by atoms with Gasteiger partial charge in [0, 0.05) is 43.6 Å². The fraction of sp³-hybridized carbons (Fsp3) is 0.600. The van der Waals surface area contributed by atoms with Crippen LogP contribution in [0.25, 0.3) is 0 Å². The van der Waals surface area contributed by atoms with Gasteiger partial charge in [-0.25, -0.2) is 9.37 Å². The van der Waals surface area contributed by atoms with Gasteiger partial charge < -0.3 is 24.6 Å². The smallest absolute Gasteiger partial charge is 0.325 e. The van der Waals surface area contributed by atoms with Crippen molar-refractivity contribution in [2.24, 2.45) is 0 Å². The molecule has 8 nitrogen and oxygen atoms in total. The molecule has 3 heterocycles. The van der Waals surface area contributed by atoms with Crippen LogP contribution in [0.4, 0.5) is 10.2 Å². The Bertz CT molecular complexity index is 1150. The summed E-state index contributed by atoms with van der Waals surface area (Å²) in [6.07, 6.45) is 7.43. The number of carboxylic acids is 1. The number of ether oxygens (including phenoxy) is 3. The molecule has 2 aliphatic heterocycles. The fourth-order valence-corrected chi connectivity index (χ4v) is 5.56. The normalized spacial score (nSPS) is 20.7. The van der Waals surface area contributed by atoms with Crippen molar-refractivity contribution in [3.05, 3.63) is 52.5 Å². The van der Waals surface area contributed by atoms with Crippen molar-refractivity contribution in [1.29, 1.82) is 0 Å². The first-order valence-corrected chi connectivity index (χ1v) is 14.2. The minimum atomic E-state index is -0.984. The summed E-state index contributed by atoms with van der Waals surface area (Å²) in [5, 5.41) is 13.5. The number of pyridine rings is 1. The Morgan fingerprint density at radius 2 is 2.15 bits per heavy atom. The first-order chi connectivity index (χ1) is 18.8. The highest BCUT2D eigenvalue weighted by atomic mass is 19.1. The third-order valence-electron chi connectivity index (χ3n) is 8.14. The second-order valence-electron chi connectivity index (χ2n) is 11.2. The molecule has 2 fully saturated rings. The number of rotatable bonds is 13. The first-order valence-electron chi connectivity index (χ1n) is 14.2. The van der Waals surface area contributed by atoms with Crippen LogP contribution in [0.3, 0.4) is 0 Å². The Labute approximate surface area is 229 Å². The van der Waals surface area contributed by atoms with Crippen LogP contribution in [0.15, 0.2) is 24.3 Å². The molecule has 3 aliphatic rings. The summed E-state index contributed by atoms with van der Waals surface area (Å²) in [7, 11) is 1.71. The van der Waals surface area contributed by atoms with Crippen LogP contribution in [0.1, 0.15) is 73.9 Å². The summed E-state index contributed by atoms with van der Waals surface area (Å²) in [5.74, 6) is 0.432. The topological polar surface area (TPSA) is 93.2 Å². The summed E-state index contributed by atoms with van der Waals surface area (Å²) < 4.78 is 31.9. The number of carbonyl (C=O) groups is 1. The molecule has 0 radical (unpaired) electrons. The number of aromatic nitrogens is 1. The summed E-state index contributed by atoms with van der Waals surface area (Å²) in [6, 6.07) is 5.49. The van der Waals surface area contributed by atoms with Crippen LogP contribution in [0.5, 0.6) is 5.75 Å². The molecule has 2 N–H and O–H groups in total. The van der Waals surface area contributed by atoms with Crippen molar-refractivity contribution in [3.63, 3.8) is 0 Å². The van der Waals surface area contributed by atoms with E-state index >= 15 is 0 Å². The lowest BCUT2D eigenvalue weighted by Gasteiger charge is -2.27. The predicted octanol–water partition coefficient (Wildman–Crippen LogP) is 4.90. The largest absolute Gasteiger partial charge is 0.496 e. The third kappa shape index (κ3) is 6.88. The molecule has 212 valence electrons. The van der Waals surface area contributed by atoms with Gasteiger partial charge in [0.05, 0.1) is 25.4 Å². The summed E-state index contributed by atoms with van der Waals surface area (Å²) in [5.41, 5.74) is 3.23. The molecule has 1 aromatic carbocycles. The van der Waals surface area contributed by atoms with Crippen LogP contribution >= 0.6 is 0 Å². The van der Waals surface area contributed by atoms with Crippen LogP contribution < -0.4 is 10.1 Å². The van der Waals surface area contributed by atoms with E-state index < -0.39 is 17.8 Å². The molecule has 1 aromatic heterocycles. The number of hydrogen-bond acceptors (Lipinski definition) is 7. The van der Waals surface area contributed by atoms with Crippen molar-refractivity contribution < 1.29 is 28.5 Å². The molecule has 0 amide bonds. The van der Waals surface area contributed by atoms with Gasteiger partial charge in [-0.1, -0.05) is 6.07 Å². The van der Waals surface area contributed by atoms with Gasteiger partial charge in [0.2, 0.25) is 0 Å². The molecule has 1 saturated carbocycles. The lowest BCUT2D eigenvalue weighted by molar-refractivity contribution is -0.143. The molecule has 1 unspecified atom stereocenters. The van der Waals surface area contributed by atoms with Crippen LogP contribution in [-0.4, -0.2) is 66.0 Å². The number of carboxylic acid groups (broad SMARTS) is 1. The number of hydrogen-bond donors (Lipinski definition) is 2. The fourth-order valence-electron chi connectivity index (χ4n) is 5.56. The summed E-state index contributed by atoms with van der Waals surface area (Å²) in [6.45, 7) is 4.96. The van der Waals surface area contributed by atoms with Gasteiger partial charge in [-0.3, -0.25) is 9.69 Å². The predicted molar refractivity (Wildman–Crippen MR) is 146 cm³/mol. The average Bonchev–Trinajstić information content (AvgIpc) is 3.49. The molecule has 0 spiro atoms. The Morgan fingerprint density at radius 1 is 1.31 bits per heavy atom. The Hall–Kier alpha value is -2.75. The highest BCUT2D eigenvalue weighted by Crippen LogP contribution is 2.40. The number of fused-ring (bicyclic) bond motifs is 1. The Balaban J connectivity index is 1.12. The summed E-state index contributed by atoms with van der Waals surface area (Å²) >= 11 is 0. The van der Waals surface area contributed by atoms with Gasteiger partial charge in [0.25, 0.3) is 0 Å². The second-order valence-corrected chi connectivity index (χ2v) is 11.2. The van der Waals surface area contributed by atoms with E-state index in [1.807, 2.05) is 17.9 Å². The minimum Gasteiger partial charge on any atom is -0.496 e. The van der Waals surface area contributed by atoms with Gasteiger partial charge >= 0.3 is 5.97 Å². The molecular formula is C30H40FN3O5. The number of anilines is 1. The molecular weight excluding hydrogens is 501 g/mol. The molecule has 39 heavy (non-hydrogen) atoms. The standard InChI is InChI=1S/C30H40FN3O5/c1-30(11-12-30)39-19-20-8-9-21(31)16-25(20)27(29(35)36)34-14-10-23(18-34)38-15-4-3-6-22-17-26(37-2)24-7-5-13-32-28(24)33-22/h8-9,16-17,23,27H,3-7,10-15,18-19H2,1-2H3,(H,32,33)(H,35,36)/t23-,27?/m1/s1. The van der Waals surface area contributed by atoms with E-state index in [1.54, 1.807) is 13.2 Å². The zero-order chi connectivity index (χ0) is 27.4. The lowest BCUT2D eigenvalue weighted by atomic mass is 9.99.